The number of rotatable bonds is 2. The van der Waals surface area contributed by atoms with E-state index in [4.69, 9.17) is 0 Å². The zero-order chi connectivity index (χ0) is 9.42. The molecular formula is C11H14FN. The normalized spacial score (nSPS) is 26.5. The Bertz CT molecular complexity index is 309. The minimum Gasteiger partial charge on any atom is -0.262 e. The van der Waals surface area contributed by atoms with Crippen LogP contribution in [0.25, 0.3) is 0 Å². The third kappa shape index (κ3) is 1.58. The maximum atomic E-state index is 13.3. The van der Waals surface area contributed by atoms with Crippen LogP contribution in [0.4, 0.5) is 4.39 Å². The first-order valence-electron chi connectivity index (χ1n) is 4.79. The molecule has 70 valence electrons. The molecule has 0 unspecified atom stereocenters. The molecule has 0 amide bonds. The third-order valence-corrected chi connectivity index (χ3v) is 2.90. The van der Waals surface area contributed by atoms with E-state index in [2.05, 4.69) is 18.8 Å². The maximum absolute atomic E-state index is 13.3. The summed E-state index contributed by atoms with van der Waals surface area (Å²) in [6, 6.07) is 1.81. The molecule has 0 aliphatic heterocycles. The zero-order valence-electron chi connectivity index (χ0n) is 8.00. The molecule has 1 aromatic heterocycles. The molecule has 0 N–H and O–H groups in total. The number of nitrogens with zero attached hydrogens (tertiary/aromatic N) is 1. The third-order valence-electron chi connectivity index (χ3n) is 2.90. The quantitative estimate of drug-likeness (QED) is 0.680. The van der Waals surface area contributed by atoms with Gasteiger partial charge < -0.3 is 0 Å². The van der Waals surface area contributed by atoms with E-state index < -0.39 is 0 Å². The molecule has 1 fully saturated rings. The van der Waals surface area contributed by atoms with Gasteiger partial charge >= 0.3 is 0 Å². The van der Waals surface area contributed by atoms with Gasteiger partial charge in [0.2, 0.25) is 0 Å². The summed E-state index contributed by atoms with van der Waals surface area (Å²) in [7, 11) is 0. The van der Waals surface area contributed by atoms with E-state index in [1.54, 1.807) is 6.20 Å². The number of pyridine rings is 1. The molecule has 2 atom stereocenters. The predicted octanol–water partition coefficient (Wildman–Crippen LogP) is 2.98. The van der Waals surface area contributed by atoms with E-state index in [-0.39, 0.29) is 5.82 Å². The Kier molecular flexibility index (Phi) is 2.06. The van der Waals surface area contributed by atoms with E-state index in [0.29, 0.717) is 17.8 Å². The van der Waals surface area contributed by atoms with Crippen molar-refractivity contribution in [3.05, 3.63) is 29.8 Å². The van der Waals surface area contributed by atoms with Gasteiger partial charge in [-0.15, -0.1) is 0 Å². The van der Waals surface area contributed by atoms with Crippen LogP contribution in [0.15, 0.2) is 18.5 Å². The largest absolute Gasteiger partial charge is 0.262 e. The van der Waals surface area contributed by atoms with Crippen LogP contribution in [0, 0.1) is 17.7 Å². The van der Waals surface area contributed by atoms with Crippen molar-refractivity contribution >= 4 is 0 Å². The second kappa shape index (κ2) is 3.09. The van der Waals surface area contributed by atoms with Crippen LogP contribution in [0.3, 0.4) is 0 Å². The first kappa shape index (κ1) is 8.67. The van der Waals surface area contributed by atoms with Crippen molar-refractivity contribution in [3.63, 3.8) is 0 Å². The van der Waals surface area contributed by atoms with Gasteiger partial charge in [-0.05, 0) is 35.8 Å². The lowest BCUT2D eigenvalue weighted by atomic mass is 10.0. The van der Waals surface area contributed by atoms with Gasteiger partial charge in [0.1, 0.15) is 5.82 Å². The predicted molar refractivity (Wildman–Crippen MR) is 49.9 cm³/mol. The van der Waals surface area contributed by atoms with Crippen LogP contribution in [0.2, 0.25) is 0 Å². The summed E-state index contributed by atoms with van der Waals surface area (Å²) >= 11 is 0. The van der Waals surface area contributed by atoms with Crippen LogP contribution in [0.1, 0.15) is 31.7 Å². The topological polar surface area (TPSA) is 12.9 Å². The van der Waals surface area contributed by atoms with Crippen molar-refractivity contribution in [2.45, 2.75) is 26.2 Å². The van der Waals surface area contributed by atoms with Gasteiger partial charge in [-0.2, -0.15) is 0 Å². The summed E-state index contributed by atoms with van der Waals surface area (Å²) in [6.45, 7) is 4.40. The Morgan fingerprint density at radius 1 is 1.54 bits per heavy atom. The standard InChI is InChI=1S/C11H14FN/c1-7(2)9-5-10(9)8-3-4-13-6-11(8)12/h3-4,6-7,9-10H,5H2,1-2H3/t9-,10-/m0/s1. The smallest absolute Gasteiger partial charge is 0.144 e. The highest BCUT2D eigenvalue weighted by atomic mass is 19.1. The first-order valence-corrected chi connectivity index (χ1v) is 4.79. The minimum absolute atomic E-state index is 0.143. The van der Waals surface area contributed by atoms with Gasteiger partial charge in [0.25, 0.3) is 0 Å². The lowest BCUT2D eigenvalue weighted by Crippen LogP contribution is -1.95. The zero-order valence-corrected chi connectivity index (χ0v) is 8.00. The van der Waals surface area contributed by atoms with E-state index >= 15 is 0 Å². The summed E-state index contributed by atoms with van der Waals surface area (Å²) in [6.07, 6.45) is 4.12. The van der Waals surface area contributed by atoms with Crippen molar-refractivity contribution in [2.24, 2.45) is 11.8 Å². The Hall–Kier alpha value is -0.920. The van der Waals surface area contributed by atoms with Crippen LogP contribution < -0.4 is 0 Å². The van der Waals surface area contributed by atoms with Gasteiger partial charge in [0.05, 0.1) is 6.20 Å². The van der Waals surface area contributed by atoms with Gasteiger partial charge in [0, 0.05) is 6.20 Å². The molecule has 0 aromatic carbocycles. The van der Waals surface area contributed by atoms with Crippen molar-refractivity contribution < 1.29 is 4.39 Å². The fourth-order valence-electron chi connectivity index (χ4n) is 2.00. The molecule has 0 saturated heterocycles. The molecule has 1 heterocycles. The molecule has 1 aliphatic rings. The second-order valence-corrected chi connectivity index (χ2v) is 4.15. The average molecular weight is 179 g/mol. The molecule has 0 spiro atoms. The number of hydrogen-bond acceptors (Lipinski definition) is 1. The number of hydrogen-bond donors (Lipinski definition) is 0. The van der Waals surface area contributed by atoms with Crippen molar-refractivity contribution in [2.75, 3.05) is 0 Å². The van der Waals surface area contributed by atoms with Gasteiger partial charge in [-0.25, -0.2) is 4.39 Å². The molecule has 1 saturated carbocycles. The van der Waals surface area contributed by atoms with Crippen LogP contribution in [0.5, 0.6) is 0 Å². The van der Waals surface area contributed by atoms with E-state index in [1.165, 1.54) is 6.20 Å². The maximum Gasteiger partial charge on any atom is 0.144 e. The Balaban J connectivity index is 2.16. The number of aromatic nitrogens is 1. The van der Waals surface area contributed by atoms with Crippen molar-refractivity contribution in [1.29, 1.82) is 0 Å². The SMILES string of the molecule is CC(C)[C@@H]1C[C@H]1c1ccncc1F. The molecule has 2 rings (SSSR count). The Labute approximate surface area is 78.0 Å². The monoisotopic (exact) mass is 179 g/mol. The summed E-state index contributed by atoms with van der Waals surface area (Å²) in [5.74, 6) is 1.65. The molecule has 1 aliphatic carbocycles. The summed E-state index contributed by atoms with van der Waals surface area (Å²) in [5.41, 5.74) is 0.855. The fraction of sp³-hybridized carbons (Fsp3) is 0.545. The molecule has 2 heteroatoms. The van der Waals surface area contributed by atoms with Crippen LogP contribution in [-0.2, 0) is 0 Å². The van der Waals surface area contributed by atoms with E-state index in [1.807, 2.05) is 6.07 Å². The lowest BCUT2D eigenvalue weighted by Gasteiger charge is -2.03. The minimum atomic E-state index is -0.143. The highest BCUT2D eigenvalue weighted by molar-refractivity contribution is 5.25. The summed E-state index contributed by atoms with van der Waals surface area (Å²) < 4.78 is 13.3. The van der Waals surface area contributed by atoms with Crippen molar-refractivity contribution in [1.82, 2.24) is 4.98 Å². The van der Waals surface area contributed by atoms with E-state index in [0.717, 1.165) is 12.0 Å². The molecule has 0 radical (unpaired) electrons. The second-order valence-electron chi connectivity index (χ2n) is 4.15. The molecule has 13 heavy (non-hydrogen) atoms. The molecule has 1 nitrogen and oxygen atoms in total. The van der Waals surface area contributed by atoms with Crippen LogP contribution >= 0.6 is 0 Å². The molecule has 1 aromatic rings. The number of halogens is 1. The van der Waals surface area contributed by atoms with Gasteiger partial charge in [-0.3, -0.25) is 4.98 Å². The molecular weight excluding hydrogens is 165 g/mol. The van der Waals surface area contributed by atoms with E-state index in [9.17, 15) is 4.39 Å². The lowest BCUT2D eigenvalue weighted by molar-refractivity contribution is 0.537. The average Bonchev–Trinajstić information content (AvgIpc) is 2.84. The van der Waals surface area contributed by atoms with Gasteiger partial charge in [0.15, 0.2) is 0 Å². The highest BCUT2D eigenvalue weighted by Crippen LogP contribution is 2.52. The Morgan fingerprint density at radius 3 is 2.85 bits per heavy atom. The summed E-state index contributed by atoms with van der Waals surface area (Å²) in [4.78, 5) is 3.75. The molecule has 0 bridgehead atoms. The van der Waals surface area contributed by atoms with Crippen LogP contribution in [-0.4, -0.2) is 4.98 Å². The van der Waals surface area contributed by atoms with Gasteiger partial charge in [-0.1, -0.05) is 13.8 Å². The fourth-order valence-corrected chi connectivity index (χ4v) is 2.00. The summed E-state index contributed by atoms with van der Waals surface area (Å²) in [5, 5.41) is 0. The Morgan fingerprint density at radius 2 is 2.31 bits per heavy atom. The highest BCUT2D eigenvalue weighted by Gasteiger charge is 2.41. The van der Waals surface area contributed by atoms with Crippen molar-refractivity contribution in [3.8, 4) is 0 Å². The first-order chi connectivity index (χ1) is 6.20.